The van der Waals surface area contributed by atoms with Gasteiger partial charge in [-0.3, -0.25) is 4.79 Å². The highest BCUT2D eigenvalue weighted by Crippen LogP contribution is 2.27. The molecule has 0 bridgehead atoms. The molecule has 0 radical (unpaired) electrons. The number of rotatable bonds is 7. The van der Waals surface area contributed by atoms with E-state index in [1.54, 1.807) is 18.2 Å². The van der Waals surface area contributed by atoms with Crippen molar-refractivity contribution in [3.8, 4) is 0 Å². The van der Waals surface area contributed by atoms with Crippen molar-refractivity contribution in [3.63, 3.8) is 0 Å². The van der Waals surface area contributed by atoms with Crippen LogP contribution in [0.25, 0.3) is 0 Å². The van der Waals surface area contributed by atoms with Crippen LogP contribution in [0.2, 0.25) is 0 Å². The van der Waals surface area contributed by atoms with Crippen LogP contribution in [0.15, 0.2) is 33.6 Å². The van der Waals surface area contributed by atoms with E-state index in [1.165, 1.54) is 6.07 Å². The number of hydrogen-bond donors (Lipinski definition) is 2. The number of benzene rings is 1. The standard InChI is InChI=1S/C15H21N3O3S/c1-2-3-6-11-16-15(19)10-9-14-17-12-7-4-5-8-13(12)22(20,21)18-14/h4-5,7-8H,2-3,6,9-11H2,1H3,(H,16,19)(H,17,18). The van der Waals surface area contributed by atoms with Crippen LogP contribution in [-0.4, -0.2) is 26.7 Å². The number of nitrogens with one attached hydrogen (secondary N) is 2. The maximum Gasteiger partial charge on any atom is 0.286 e. The monoisotopic (exact) mass is 323 g/mol. The number of para-hydroxylation sites is 1. The van der Waals surface area contributed by atoms with E-state index < -0.39 is 10.0 Å². The third-order valence-corrected chi connectivity index (χ3v) is 4.74. The van der Waals surface area contributed by atoms with Gasteiger partial charge < -0.3 is 10.6 Å². The molecule has 0 fully saturated rings. The predicted molar refractivity (Wildman–Crippen MR) is 86.5 cm³/mol. The van der Waals surface area contributed by atoms with Crippen LogP contribution in [0.4, 0.5) is 5.69 Å². The second-order valence-corrected chi connectivity index (χ2v) is 6.76. The van der Waals surface area contributed by atoms with E-state index in [0.29, 0.717) is 18.1 Å². The van der Waals surface area contributed by atoms with Crippen LogP contribution < -0.4 is 10.6 Å². The van der Waals surface area contributed by atoms with Crippen LogP contribution in [0.1, 0.15) is 39.0 Å². The average Bonchev–Trinajstić information content (AvgIpc) is 2.49. The van der Waals surface area contributed by atoms with Crippen molar-refractivity contribution in [2.75, 3.05) is 11.9 Å². The summed E-state index contributed by atoms with van der Waals surface area (Å²) in [6.45, 7) is 2.76. The molecule has 6 nitrogen and oxygen atoms in total. The molecule has 22 heavy (non-hydrogen) atoms. The molecule has 0 saturated heterocycles. The zero-order chi connectivity index (χ0) is 16.0. The summed E-state index contributed by atoms with van der Waals surface area (Å²) in [4.78, 5) is 11.9. The molecule has 1 heterocycles. The van der Waals surface area contributed by atoms with Crippen LogP contribution in [0.5, 0.6) is 0 Å². The Morgan fingerprint density at radius 3 is 2.82 bits per heavy atom. The highest BCUT2D eigenvalue weighted by Gasteiger charge is 2.24. The first-order chi connectivity index (χ1) is 10.5. The second-order valence-electron chi connectivity index (χ2n) is 5.19. The van der Waals surface area contributed by atoms with Crippen molar-refractivity contribution in [3.05, 3.63) is 24.3 Å². The van der Waals surface area contributed by atoms with Crippen molar-refractivity contribution in [2.24, 2.45) is 4.40 Å². The van der Waals surface area contributed by atoms with Gasteiger partial charge in [0.2, 0.25) is 5.91 Å². The van der Waals surface area contributed by atoms with E-state index in [9.17, 15) is 13.2 Å². The minimum atomic E-state index is -3.67. The summed E-state index contributed by atoms with van der Waals surface area (Å²) in [6.07, 6.45) is 3.64. The number of anilines is 1. The second kappa shape index (κ2) is 7.40. The molecule has 120 valence electrons. The number of sulfonamides is 1. The van der Waals surface area contributed by atoms with E-state index in [0.717, 1.165) is 19.3 Å². The summed E-state index contributed by atoms with van der Waals surface area (Å²) in [7, 11) is -3.67. The summed E-state index contributed by atoms with van der Waals surface area (Å²) in [6, 6.07) is 6.61. The first kappa shape index (κ1) is 16.5. The summed E-state index contributed by atoms with van der Waals surface area (Å²) in [5.41, 5.74) is 0.510. The highest BCUT2D eigenvalue weighted by molar-refractivity contribution is 7.90. The topological polar surface area (TPSA) is 87.6 Å². The van der Waals surface area contributed by atoms with Gasteiger partial charge in [-0.15, -0.1) is 4.40 Å². The van der Waals surface area contributed by atoms with E-state index in [2.05, 4.69) is 22.0 Å². The van der Waals surface area contributed by atoms with Crippen molar-refractivity contribution < 1.29 is 13.2 Å². The van der Waals surface area contributed by atoms with Gasteiger partial charge >= 0.3 is 0 Å². The number of fused-ring (bicyclic) bond motifs is 1. The Hall–Kier alpha value is -1.89. The molecule has 0 unspecified atom stereocenters. The van der Waals surface area contributed by atoms with Gasteiger partial charge in [0.25, 0.3) is 10.0 Å². The molecule has 1 aromatic carbocycles. The first-order valence-corrected chi connectivity index (χ1v) is 8.93. The lowest BCUT2D eigenvalue weighted by Crippen LogP contribution is -2.27. The van der Waals surface area contributed by atoms with E-state index >= 15 is 0 Å². The van der Waals surface area contributed by atoms with Gasteiger partial charge in [0.1, 0.15) is 10.7 Å². The van der Waals surface area contributed by atoms with E-state index in [-0.39, 0.29) is 23.6 Å². The first-order valence-electron chi connectivity index (χ1n) is 7.49. The Bertz CT molecular complexity index is 668. The lowest BCUT2D eigenvalue weighted by atomic mass is 10.2. The van der Waals surface area contributed by atoms with Gasteiger partial charge in [-0.1, -0.05) is 31.9 Å². The molecular weight excluding hydrogens is 302 g/mol. The van der Waals surface area contributed by atoms with Crippen molar-refractivity contribution in [1.82, 2.24) is 5.32 Å². The highest BCUT2D eigenvalue weighted by atomic mass is 32.2. The quantitative estimate of drug-likeness (QED) is 0.754. The molecule has 0 atom stereocenters. The fourth-order valence-electron chi connectivity index (χ4n) is 2.20. The molecule has 1 amide bonds. The molecule has 2 N–H and O–H groups in total. The fourth-order valence-corrected chi connectivity index (χ4v) is 3.37. The largest absolute Gasteiger partial charge is 0.356 e. The molecule has 7 heteroatoms. The summed E-state index contributed by atoms with van der Waals surface area (Å²) in [5.74, 6) is 0.222. The molecule has 0 saturated carbocycles. The van der Waals surface area contributed by atoms with Crippen LogP contribution >= 0.6 is 0 Å². The molecule has 1 aliphatic heterocycles. The average molecular weight is 323 g/mol. The lowest BCUT2D eigenvalue weighted by Gasteiger charge is -2.17. The molecular formula is C15H21N3O3S. The third-order valence-electron chi connectivity index (χ3n) is 3.37. The van der Waals surface area contributed by atoms with Gasteiger partial charge in [-0.25, -0.2) is 0 Å². The van der Waals surface area contributed by atoms with Crippen LogP contribution in [-0.2, 0) is 14.8 Å². The third kappa shape index (κ3) is 4.30. The van der Waals surface area contributed by atoms with Gasteiger partial charge in [0.05, 0.1) is 5.69 Å². The molecule has 0 aliphatic carbocycles. The van der Waals surface area contributed by atoms with E-state index in [1.807, 2.05) is 0 Å². The summed E-state index contributed by atoms with van der Waals surface area (Å²) >= 11 is 0. The lowest BCUT2D eigenvalue weighted by molar-refractivity contribution is -0.120. The summed E-state index contributed by atoms with van der Waals surface area (Å²) in [5, 5.41) is 5.80. The van der Waals surface area contributed by atoms with Gasteiger partial charge in [-0.2, -0.15) is 8.42 Å². The number of carbonyl (C=O) groups is 1. The number of unbranched alkanes of at least 4 members (excludes halogenated alkanes) is 2. The van der Waals surface area contributed by atoms with Crippen LogP contribution in [0.3, 0.4) is 0 Å². The fraction of sp³-hybridized carbons (Fsp3) is 0.467. The summed E-state index contributed by atoms with van der Waals surface area (Å²) < 4.78 is 27.8. The molecule has 1 aromatic rings. The number of carbonyl (C=O) groups excluding carboxylic acids is 1. The van der Waals surface area contributed by atoms with Crippen molar-refractivity contribution >= 4 is 27.5 Å². The molecule has 2 rings (SSSR count). The minimum Gasteiger partial charge on any atom is -0.356 e. The smallest absolute Gasteiger partial charge is 0.286 e. The molecule has 1 aliphatic rings. The maximum absolute atomic E-state index is 12.0. The Kier molecular flexibility index (Phi) is 5.54. The van der Waals surface area contributed by atoms with Gasteiger partial charge in [0, 0.05) is 19.4 Å². The molecule has 0 spiro atoms. The predicted octanol–water partition coefficient (Wildman–Crippen LogP) is 2.29. The number of nitrogens with zero attached hydrogens (tertiary/aromatic N) is 1. The SMILES string of the molecule is CCCCCNC(=O)CCC1=NS(=O)(=O)c2ccccc2N1. The normalized spacial score (nSPS) is 15.4. The number of hydrogen-bond acceptors (Lipinski definition) is 4. The maximum atomic E-state index is 12.0. The molecule has 0 aromatic heterocycles. The van der Waals surface area contributed by atoms with Gasteiger partial charge in [0.15, 0.2) is 0 Å². The zero-order valence-corrected chi connectivity index (χ0v) is 13.4. The Morgan fingerprint density at radius 2 is 2.05 bits per heavy atom. The Morgan fingerprint density at radius 1 is 1.27 bits per heavy atom. The van der Waals surface area contributed by atoms with Crippen molar-refractivity contribution in [1.29, 1.82) is 0 Å². The number of amidine groups is 1. The van der Waals surface area contributed by atoms with Crippen molar-refractivity contribution in [2.45, 2.75) is 43.9 Å². The van der Waals surface area contributed by atoms with Crippen LogP contribution in [0, 0.1) is 0 Å². The number of amides is 1. The van der Waals surface area contributed by atoms with Gasteiger partial charge in [-0.05, 0) is 18.6 Å². The minimum absolute atomic E-state index is 0.0862. The Labute approximate surface area is 131 Å². The zero-order valence-electron chi connectivity index (χ0n) is 12.6. The van der Waals surface area contributed by atoms with E-state index in [4.69, 9.17) is 0 Å². The Balaban J connectivity index is 1.90.